The van der Waals surface area contributed by atoms with Gasteiger partial charge in [0.1, 0.15) is 0 Å². The molecule has 1 aromatic rings. The first-order valence-electron chi connectivity index (χ1n) is 5.05. The molecule has 0 aliphatic rings. The van der Waals surface area contributed by atoms with Crippen LogP contribution in [0.1, 0.15) is 49.2 Å². The number of hydrogen-bond donors (Lipinski definition) is 0. The summed E-state index contributed by atoms with van der Waals surface area (Å²) in [5, 5.41) is 0.718. The molecule has 0 heterocycles. The normalized spacial score (nSPS) is 11.6. The van der Waals surface area contributed by atoms with Gasteiger partial charge < -0.3 is 0 Å². The van der Waals surface area contributed by atoms with Gasteiger partial charge in [0.15, 0.2) is 5.78 Å². The number of aryl methyl sites for hydroxylation is 1. The van der Waals surface area contributed by atoms with E-state index in [1.807, 2.05) is 19.1 Å². The summed E-state index contributed by atoms with van der Waals surface area (Å²) in [4.78, 5) is 11.5. The zero-order chi connectivity index (χ0) is 11.8. The number of halogens is 1. The molecule has 0 aliphatic carbocycles. The molecule has 0 saturated heterocycles. The Labute approximate surface area is 96.5 Å². The first-order valence-corrected chi connectivity index (χ1v) is 5.43. The molecule has 2 heteroatoms. The van der Waals surface area contributed by atoms with E-state index < -0.39 is 0 Å². The van der Waals surface area contributed by atoms with Gasteiger partial charge in [-0.15, -0.1) is 0 Å². The van der Waals surface area contributed by atoms with E-state index in [2.05, 4.69) is 20.8 Å². The molecule has 15 heavy (non-hydrogen) atoms. The van der Waals surface area contributed by atoms with Gasteiger partial charge in [-0.1, -0.05) is 44.5 Å². The van der Waals surface area contributed by atoms with Crippen molar-refractivity contribution in [3.63, 3.8) is 0 Å². The Morgan fingerprint density at radius 2 is 1.80 bits per heavy atom. The van der Waals surface area contributed by atoms with Crippen LogP contribution in [-0.4, -0.2) is 5.78 Å². The number of benzene rings is 1. The van der Waals surface area contributed by atoms with Gasteiger partial charge in [0.25, 0.3) is 0 Å². The standard InChI is InChI=1S/C13H17ClO/c1-8-6-7-10(9(2)15)11(12(8)14)13(3,4)5/h6-7H,1-5H3. The lowest BCUT2D eigenvalue weighted by atomic mass is 9.82. The molecule has 0 radical (unpaired) electrons. The van der Waals surface area contributed by atoms with Crippen molar-refractivity contribution in [3.05, 3.63) is 33.8 Å². The second-order valence-electron chi connectivity index (χ2n) is 4.93. The summed E-state index contributed by atoms with van der Waals surface area (Å²) in [6.45, 7) is 9.75. The highest BCUT2D eigenvalue weighted by atomic mass is 35.5. The zero-order valence-electron chi connectivity index (χ0n) is 9.94. The van der Waals surface area contributed by atoms with Crippen molar-refractivity contribution < 1.29 is 4.79 Å². The van der Waals surface area contributed by atoms with E-state index in [4.69, 9.17) is 11.6 Å². The molecular weight excluding hydrogens is 208 g/mol. The molecule has 0 aromatic heterocycles. The third kappa shape index (κ3) is 2.40. The first kappa shape index (κ1) is 12.3. The Kier molecular flexibility index (Phi) is 3.25. The maximum atomic E-state index is 11.5. The summed E-state index contributed by atoms with van der Waals surface area (Å²) < 4.78 is 0. The first-order chi connectivity index (χ1) is 6.75. The second kappa shape index (κ2) is 3.97. The summed E-state index contributed by atoms with van der Waals surface area (Å²) in [6, 6.07) is 3.76. The van der Waals surface area contributed by atoms with E-state index >= 15 is 0 Å². The average Bonchev–Trinajstić information content (AvgIpc) is 2.06. The fraction of sp³-hybridized carbons (Fsp3) is 0.462. The molecule has 0 atom stereocenters. The van der Waals surface area contributed by atoms with Crippen LogP contribution < -0.4 is 0 Å². The van der Waals surface area contributed by atoms with Crippen LogP contribution in [0.2, 0.25) is 5.02 Å². The lowest BCUT2D eigenvalue weighted by Gasteiger charge is -2.24. The van der Waals surface area contributed by atoms with Gasteiger partial charge in [0.2, 0.25) is 0 Å². The minimum atomic E-state index is -0.107. The van der Waals surface area contributed by atoms with Crippen LogP contribution in [-0.2, 0) is 5.41 Å². The lowest BCUT2D eigenvalue weighted by molar-refractivity contribution is 0.101. The second-order valence-corrected chi connectivity index (χ2v) is 5.30. The number of carbonyl (C=O) groups is 1. The number of Topliss-reactive ketones (excluding diaryl/α,β-unsaturated/α-hetero) is 1. The fourth-order valence-corrected chi connectivity index (χ4v) is 2.16. The summed E-state index contributed by atoms with van der Waals surface area (Å²) in [5.41, 5.74) is 2.60. The van der Waals surface area contributed by atoms with Gasteiger partial charge in [-0.3, -0.25) is 4.79 Å². The molecule has 0 fully saturated rings. The van der Waals surface area contributed by atoms with Crippen LogP contribution in [0.5, 0.6) is 0 Å². The Bertz CT molecular complexity index is 400. The largest absolute Gasteiger partial charge is 0.294 e. The molecule has 0 amide bonds. The van der Waals surface area contributed by atoms with Crippen LogP contribution >= 0.6 is 11.6 Å². The van der Waals surface area contributed by atoms with Crippen molar-refractivity contribution in [1.82, 2.24) is 0 Å². The highest BCUT2D eigenvalue weighted by molar-refractivity contribution is 6.32. The maximum absolute atomic E-state index is 11.5. The van der Waals surface area contributed by atoms with E-state index in [1.54, 1.807) is 6.92 Å². The molecule has 0 spiro atoms. The Balaban J connectivity index is 3.57. The highest BCUT2D eigenvalue weighted by Crippen LogP contribution is 2.34. The topological polar surface area (TPSA) is 17.1 Å². The van der Waals surface area contributed by atoms with E-state index in [0.29, 0.717) is 0 Å². The van der Waals surface area contributed by atoms with Crippen molar-refractivity contribution in [2.75, 3.05) is 0 Å². The summed E-state index contributed by atoms with van der Waals surface area (Å²) in [5.74, 6) is 0.0711. The van der Waals surface area contributed by atoms with Crippen LogP contribution in [0.25, 0.3) is 0 Å². The van der Waals surface area contributed by atoms with E-state index in [-0.39, 0.29) is 11.2 Å². The Morgan fingerprint density at radius 3 is 2.20 bits per heavy atom. The smallest absolute Gasteiger partial charge is 0.160 e. The van der Waals surface area contributed by atoms with Crippen molar-refractivity contribution in [2.45, 2.75) is 40.0 Å². The van der Waals surface area contributed by atoms with Crippen molar-refractivity contribution >= 4 is 17.4 Å². The molecule has 82 valence electrons. The highest BCUT2D eigenvalue weighted by Gasteiger charge is 2.23. The van der Waals surface area contributed by atoms with Crippen LogP contribution in [0.15, 0.2) is 12.1 Å². The quantitative estimate of drug-likeness (QED) is 0.655. The predicted octanol–water partition coefficient (Wildman–Crippen LogP) is 4.15. The molecule has 1 nitrogen and oxygen atoms in total. The molecular formula is C13H17ClO. The van der Waals surface area contributed by atoms with E-state index in [0.717, 1.165) is 21.7 Å². The third-order valence-corrected chi connectivity index (χ3v) is 2.95. The van der Waals surface area contributed by atoms with Crippen molar-refractivity contribution in [2.24, 2.45) is 0 Å². The average molecular weight is 225 g/mol. The zero-order valence-corrected chi connectivity index (χ0v) is 10.7. The van der Waals surface area contributed by atoms with Crippen LogP contribution in [0.4, 0.5) is 0 Å². The van der Waals surface area contributed by atoms with Crippen molar-refractivity contribution in [3.8, 4) is 0 Å². The molecule has 0 N–H and O–H groups in total. The summed E-state index contributed by atoms with van der Waals surface area (Å²) in [7, 11) is 0. The van der Waals surface area contributed by atoms with Gasteiger partial charge in [0.05, 0.1) is 0 Å². The Morgan fingerprint density at radius 1 is 1.27 bits per heavy atom. The maximum Gasteiger partial charge on any atom is 0.160 e. The van der Waals surface area contributed by atoms with E-state index in [9.17, 15) is 4.79 Å². The Hall–Kier alpha value is -0.820. The van der Waals surface area contributed by atoms with Gasteiger partial charge in [-0.05, 0) is 30.4 Å². The molecule has 0 unspecified atom stereocenters. The minimum absolute atomic E-state index is 0.0711. The van der Waals surface area contributed by atoms with Gasteiger partial charge >= 0.3 is 0 Å². The summed E-state index contributed by atoms with van der Waals surface area (Å²) in [6.07, 6.45) is 0. The molecule has 1 rings (SSSR count). The van der Waals surface area contributed by atoms with E-state index in [1.165, 1.54) is 0 Å². The SMILES string of the molecule is CC(=O)c1ccc(C)c(Cl)c1C(C)(C)C. The molecule has 0 saturated carbocycles. The number of ketones is 1. The third-order valence-electron chi connectivity index (χ3n) is 2.46. The molecule has 0 aliphatic heterocycles. The monoisotopic (exact) mass is 224 g/mol. The van der Waals surface area contributed by atoms with Crippen molar-refractivity contribution in [1.29, 1.82) is 0 Å². The molecule has 0 bridgehead atoms. The van der Waals surface area contributed by atoms with Crippen LogP contribution in [0.3, 0.4) is 0 Å². The van der Waals surface area contributed by atoms with Crippen LogP contribution in [0, 0.1) is 6.92 Å². The number of carbonyl (C=O) groups excluding carboxylic acids is 1. The summed E-state index contributed by atoms with van der Waals surface area (Å²) >= 11 is 6.27. The number of hydrogen-bond acceptors (Lipinski definition) is 1. The lowest BCUT2D eigenvalue weighted by Crippen LogP contribution is -2.17. The van der Waals surface area contributed by atoms with Gasteiger partial charge in [-0.2, -0.15) is 0 Å². The van der Waals surface area contributed by atoms with Gasteiger partial charge in [-0.25, -0.2) is 0 Å². The minimum Gasteiger partial charge on any atom is -0.294 e. The van der Waals surface area contributed by atoms with Gasteiger partial charge in [0, 0.05) is 10.6 Å². The molecule has 1 aromatic carbocycles. The number of rotatable bonds is 1. The predicted molar refractivity (Wildman–Crippen MR) is 64.9 cm³/mol. The fourth-order valence-electron chi connectivity index (χ4n) is 1.71.